The lowest BCUT2D eigenvalue weighted by Crippen LogP contribution is -2.16. The maximum absolute atomic E-state index is 5.83. The average molecular weight is 237 g/mol. The molecule has 0 aliphatic heterocycles. The molecule has 0 bridgehead atoms. The van der Waals surface area contributed by atoms with Gasteiger partial charge in [0.05, 0.1) is 12.5 Å². The van der Waals surface area contributed by atoms with Crippen molar-refractivity contribution in [2.45, 2.75) is 13.1 Å². The van der Waals surface area contributed by atoms with Gasteiger partial charge in [0.15, 0.2) is 0 Å². The number of halogens is 1. The quantitative estimate of drug-likeness (QED) is 0.765. The summed E-state index contributed by atoms with van der Waals surface area (Å²) in [7, 11) is 2.06. The van der Waals surface area contributed by atoms with E-state index < -0.39 is 0 Å². The molecule has 2 aromatic rings. The summed E-state index contributed by atoms with van der Waals surface area (Å²) in [5, 5.41) is 0.536. The Kier molecular flexibility index (Phi) is 3.59. The van der Waals surface area contributed by atoms with E-state index in [0.717, 1.165) is 18.7 Å². The van der Waals surface area contributed by atoms with Crippen molar-refractivity contribution in [1.29, 1.82) is 0 Å². The monoisotopic (exact) mass is 236 g/mol. The molecule has 0 spiro atoms. The Balaban J connectivity index is 1.94. The molecule has 2 rings (SSSR count). The van der Waals surface area contributed by atoms with Gasteiger partial charge in [0, 0.05) is 24.8 Å². The van der Waals surface area contributed by atoms with Crippen LogP contribution in [0.1, 0.15) is 11.1 Å². The maximum atomic E-state index is 5.83. The Hall–Kier alpha value is -1.32. The fourth-order valence-electron chi connectivity index (χ4n) is 1.60. The number of hydrogen-bond donors (Lipinski definition) is 0. The van der Waals surface area contributed by atoms with E-state index in [9.17, 15) is 0 Å². The van der Waals surface area contributed by atoms with Crippen LogP contribution in [0.3, 0.4) is 0 Å². The summed E-state index contributed by atoms with van der Waals surface area (Å²) in [5.74, 6) is 0. The van der Waals surface area contributed by atoms with Gasteiger partial charge < -0.3 is 4.42 Å². The van der Waals surface area contributed by atoms with Gasteiger partial charge in [0.2, 0.25) is 0 Å². The van der Waals surface area contributed by atoms with Crippen LogP contribution in [0.15, 0.2) is 41.3 Å². The van der Waals surface area contributed by atoms with Gasteiger partial charge >= 0.3 is 0 Å². The van der Waals surface area contributed by atoms with E-state index in [4.69, 9.17) is 16.0 Å². The minimum atomic E-state index is 0.536. The lowest BCUT2D eigenvalue weighted by atomic mass is 10.2. The Morgan fingerprint density at radius 2 is 2.12 bits per heavy atom. The van der Waals surface area contributed by atoms with Crippen molar-refractivity contribution in [1.82, 2.24) is 9.88 Å². The van der Waals surface area contributed by atoms with E-state index in [1.165, 1.54) is 5.56 Å². The van der Waals surface area contributed by atoms with Crippen molar-refractivity contribution in [3.05, 3.63) is 53.2 Å². The van der Waals surface area contributed by atoms with Gasteiger partial charge in [0.1, 0.15) is 5.15 Å². The van der Waals surface area contributed by atoms with Crippen LogP contribution in [-0.4, -0.2) is 16.9 Å². The van der Waals surface area contributed by atoms with Gasteiger partial charge in [-0.2, -0.15) is 0 Å². The van der Waals surface area contributed by atoms with Crippen LogP contribution in [0.2, 0.25) is 5.15 Å². The van der Waals surface area contributed by atoms with E-state index in [1.54, 1.807) is 18.7 Å². The topological polar surface area (TPSA) is 29.3 Å². The molecule has 0 saturated carbocycles. The van der Waals surface area contributed by atoms with Gasteiger partial charge in [-0.3, -0.25) is 4.90 Å². The molecule has 0 amide bonds. The second kappa shape index (κ2) is 5.14. The van der Waals surface area contributed by atoms with Crippen molar-refractivity contribution in [3.8, 4) is 0 Å². The van der Waals surface area contributed by atoms with Gasteiger partial charge in [-0.05, 0) is 30.8 Å². The minimum Gasteiger partial charge on any atom is -0.472 e. The fourth-order valence-corrected chi connectivity index (χ4v) is 1.80. The summed E-state index contributed by atoms with van der Waals surface area (Å²) >= 11 is 5.83. The number of furan rings is 1. The molecule has 0 unspecified atom stereocenters. The number of aromatic nitrogens is 1. The van der Waals surface area contributed by atoms with Crippen molar-refractivity contribution in [2.24, 2.45) is 0 Å². The predicted octanol–water partition coefficient (Wildman–Crippen LogP) is 2.96. The highest BCUT2D eigenvalue weighted by Gasteiger charge is 2.03. The summed E-state index contributed by atoms with van der Waals surface area (Å²) in [6.07, 6.45) is 5.17. The molecule has 2 aromatic heterocycles. The van der Waals surface area contributed by atoms with Crippen LogP contribution in [0.25, 0.3) is 0 Å². The third kappa shape index (κ3) is 3.08. The highest BCUT2D eigenvalue weighted by Crippen LogP contribution is 2.11. The van der Waals surface area contributed by atoms with E-state index >= 15 is 0 Å². The number of pyridine rings is 1. The predicted molar refractivity (Wildman–Crippen MR) is 63.1 cm³/mol. The molecule has 0 radical (unpaired) electrons. The molecule has 0 N–H and O–H groups in total. The first-order valence-electron chi connectivity index (χ1n) is 5.04. The maximum Gasteiger partial charge on any atom is 0.129 e. The largest absolute Gasteiger partial charge is 0.472 e. The van der Waals surface area contributed by atoms with Crippen LogP contribution in [-0.2, 0) is 13.1 Å². The zero-order chi connectivity index (χ0) is 11.4. The SMILES string of the molecule is CN(Cc1ccoc1)Cc1ccnc(Cl)c1. The number of nitrogens with zero attached hydrogens (tertiary/aromatic N) is 2. The molecular weight excluding hydrogens is 224 g/mol. The Labute approximate surface area is 99.7 Å². The average Bonchev–Trinajstić information content (AvgIpc) is 2.70. The Bertz CT molecular complexity index is 442. The van der Waals surface area contributed by atoms with Crippen LogP contribution in [0.4, 0.5) is 0 Å². The summed E-state index contributed by atoms with van der Waals surface area (Å²) in [6.45, 7) is 1.70. The van der Waals surface area contributed by atoms with E-state index in [1.807, 2.05) is 18.2 Å². The van der Waals surface area contributed by atoms with E-state index in [2.05, 4.69) is 16.9 Å². The van der Waals surface area contributed by atoms with Crippen LogP contribution in [0.5, 0.6) is 0 Å². The molecule has 84 valence electrons. The molecule has 0 aromatic carbocycles. The molecule has 16 heavy (non-hydrogen) atoms. The highest BCUT2D eigenvalue weighted by atomic mass is 35.5. The lowest BCUT2D eigenvalue weighted by molar-refractivity contribution is 0.317. The number of rotatable bonds is 4. The molecule has 2 heterocycles. The van der Waals surface area contributed by atoms with Crippen LogP contribution >= 0.6 is 11.6 Å². The van der Waals surface area contributed by atoms with E-state index in [0.29, 0.717) is 5.15 Å². The smallest absolute Gasteiger partial charge is 0.129 e. The molecule has 0 atom stereocenters. The van der Waals surface area contributed by atoms with Crippen LogP contribution < -0.4 is 0 Å². The zero-order valence-corrected chi connectivity index (χ0v) is 9.81. The van der Waals surface area contributed by atoms with E-state index in [-0.39, 0.29) is 0 Å². The van der Waals surface area contributed by atoms with Gasteiger partial charge in [-0.1, -0.05) is 11.6 Å². The van der Waals surface area contributed by atoms with Crippen molar-refractivity contribution < 1.29 is 4.42 Å². The Morgan fingerprint density at radius 3 is 2.81 bits per heavy atom. The second-order valence-electron chi connectivity index (χ2n) is 3.79. The second-order valence-corrected chi connectivity index (χ2v) is 4.18. The first kappa shape index (κ1) is 11.2. The Morgan fingerprint density at radius 1 is 1.31 bits per heavy atom. The minimum absolute atomic E-state index is 0.536. The standard InChI is InChI=1S/C12H13ClN2O/c1-15(8-11-3-5-16-9-11)7-10-2-4-14-12(13)6-10/h2-6,9H,7-8H2,1H3. The molecule has 4 heteroatoms. The zero-order valence-electron chi connectivity index (χ0n) is 9.06. The summed E-state index contributed by atoms with van der Waals surface area (Å²) in [5.41, 5.74) is 2.33. The van der Waals surface area contributed by atoms with Crippen molar-refractivity contribution >= 4 is 11.6 Å². The third-order valence-corrected chi connectivity index (χ3v) is 2.48. The van der Waals surface area contributed by atoms with Crippen molar-refractivity contribution in [3.63, 3.8) is 0 Å². The summed E-state index contributed by atoms with van der Waals surface area (Å²) in [6, 6.07) is 5.82. The third-order valence-electron chi connectivity index (χ3n) is 2.28. The normalized spacial score (nSPS) is 10.9. The molecule has 0 aliphatic rings. The molecular formula is C12H13ClN2O. The highest BCUT2D eigenvalue weighted by molar-refractivity contribution is 6.29. The molecule has 0 saturated heterocycles. The van der Waals surface area contributed by atoms with Crippen molar-refractivity contribution in [2.75, 3.05) is 7.05 Å². The first-order chi connectivity index (χ1) is 7.74. The lowest BCUT2D eigenvalue weighted by Gasteiger charge is -2.15. The van der Waals surface area contributed by atoms with Gasteiger partial charge in [-0.25, -0.2) is 4.98 Å². The summed E-state index contributed by atoms with van der Waals surface area (Å²) in [4.78, 5) is 6.15. The molecule has 0 fully saturated rings. The molecule has 0 aliphatic carbocycles. The van der Waals surface area contributed by atoms with Gasteiger partial charge in [0.25, 0.3) is 0 Å². The first-order valence-corrected chi connectivity index (χ1v) is 5.42. The van der Waals surface area contributed by atoms with Crippen LogP contribution in [0, 0.1) is 0 Å². The van der Waals surface area contributed by atoms with Gasteiger partial charge in [-0.15, -0.1) is 0 Å². The fraction of sp³-hybridized carbons (Fsp3) is 0.250. The molecule has 3 nitrogen and oxygen atoms in total. The number of hydrogen-bond acceptors (Lipinski definition) is 3. The summed E-state index contributed by atoms with van der Waals surface area (Å²) < 4.78 is 5.03.